The number of aliphatic imine (C=N–C) groups is 1. The third-order valence-corrected chi connectivity index (χ3v) is 4.49. The number of piperidine rings is 1. The van der Waals surface area contributed by atoms with Gasteiger partial charge >= 0.3 is 0 Å². The standard InChI is InChI=1S/C17H37N5/c1-14(2)22(15(3)4)11-9-19-17(18-5)20-12-16-8-7-10-21(6)13-16/h14-16H,7-13H2,1-6H3,(H2,18,19,20). The Morgan fingerprint density at radius 1 is 1.23 bits per heavy atom. The lowest BCUT2D eigenvalue weighted by atomic mass is 9.99. The van der Waals surface area contributed by atoms with E-state index < -0.39 is 0 Å². The fourth-order valence-corrected chi connectivity index (χ4v) is 3.32. The molecule has 1 atom stereocenters. The molecule has 0 aromatic rings. The maximum absolute atomic E-state index is 4.34. The minimum Gasteiger partial charge on any atom is -0.356 e. The maximum atomic E-state index is 4.34. The molecule has 130 valence electrons. The van der Waals surface area contributed by atoms with Crippen LogP contribution in [0.3, 0.4) is 0 Å². The van der Waals surface area contributed by atoms with Crippen molar-refractivity contribution >= 4 is 5.96 Å². The van der Waals surface area contributed by atoms with Crippen molar-refractivity contribution in [2.45, 2.75) is 52.6 Å². The Morgan fingerprint density at radius 2 is 1.91 bits per heavy atom. The molecule has 0 spiro atoms. The largest absolute Gasteiger partial charge is 0.356 e. The molecule has 1 fully saturated rings. The van der Waals surface area contributed by atoms with Crippen molar-refractivity contribution in [1.82, 2.24) is 20.4 Å². The molecule has 1 aliphatic rings. The summed E-state index contributed by atoms with van der Waals surface area (Å²) in [6.07, 6.45) is 2.63. The van der Waals surface area contributed by atoms with Gasteiger partial charge in [-0.15, -0.1) is 0 Å². The van der Waals surface area contributed by atoms with E-state index >= 15 is 0 Å². The first-order chi connectivity index (χ1) is 10.4. The van der Waals surface area contributed by atoms with E-state index in [9.17, 15) is 0 Å². The molecular formula is C17H37N5. The Morgan fingerprint density at radius 3 is 2.45 bits per heavy atom. The molecule has 1 unspecified atom stereocenters. The van der Waals surface area contributed by atoms with E-state index in [-0.39, 0.29) is 0 Å². The third-order valence-electron chi connectivity index (χ3n) is 4.49. The zero-order valence-corrected chi connectivity index (χ0v) is 15.5. The summed E-state index contributed by atoms with van der Waals surface area (Å²) in [6, 6.07) is 1.16. The first-order valence-corrected chi connectivity index (χ1v) is 8.82. The summed E-state index contributed by atoms with van der Waals surface area (Å²) < 4.78 is 0. The van der Waals surface area contributed by atoms with Crippen molar-refractivity contribution < 1.29 is 0 Å². The second kappa shape index (κ2) is 10.1. The molecule has 0 saturated carbocycles. The Kier molecular flexibility index (Phi) is 8.79. The van der Waals surface area contributed by atoms with Gasteiger partial charge in [0.1, 0.15) is 0 Å². The van der Waals surface area contributed by atoms with Crippen LogP contribution in [-0.2, 0) is 0 Å². The fraction of sp³-hybridized carbons (Fsp3) is 0.941. The molecule has 0 bridgehead atoms. The lowest BCUT2D eigenvalue weighted by Crippen LogP contribution is -2.47. The lowest BCUT2D eigenvalue weighted by Gasteiger charge is -2.31. The molecule has 0 radical (unpaired) electrons. The number of nitrogens with zero attached hydrogens (tertiary/aromatic N) is 3. The van der Waals surface area contributed by atoms with Gasteiger partial charge in [-0.1, -0.05) is 0 Å². The summed E-state index contributed by atoms with van der Waals surface area (Å²) in [4.78, 5) is 9.26. The van der Waals surface area contributed by atoms with Gasteiger partial charge in [-0.2, -0.15) is 0 Å². The van der Waals surface area contributed by atoms with E-state index in [2.05, 4.69) is 60.2 Å². The molecule has 22 heavy (non-hydrogen) atoms. The van der Waals surface area contributed by atoms with E-state index in [4.69, 9.17) is 0 Å². The average molecular weight is 312 g/mol. The molecule has 1 saturated heterocycles. The predicted molar refractivity (Wildman–Crippen MR) is 96.6 cm³/mol. The first-order valence-electron chi connectivity index (χ1n) is 8.82. The molecule has 5 heteroatoms. The number of nitrogens with one attached hydrogen (secondary N) is 2. The van der Waals surface area contributed by atoms with Crippen LogP contribution in [-0.4, -0.2) is 74.7 Å². The van der Waals surface area contributed by atoms with Crippen LogP contribution < -0.4 is 10.6 Å². The molecule has 5 nitrogen and oxygen atoms in total. The minimum absolute atomic E-state index is 0.578. The predicted octanol–water partition coefficient (Wildman–Crippen LogP) is 1.61. The molecular weight excluding hydrogens is 274 g/mol. The highest BCUT2D eigenvalue weighted by Crippen LogP contribution is 2.13. The van der Waals surface area contributed by atoms with Crippen LogP contribution in [0.2, 0.25) is 0 Å². The molecule has 0 aromatic heterocycles. The van der Waals surface area contributed by atoms with Gasteiger partial charge in [0.05, 0.1) is 0 Å². The lowest BCUT2D eigenvalue weighted by molar-refractivity contribution is 0.178. The van der Waals surface area contributed by atoms with Crippen LogP contribution in [0.5, 0.6) is 0 Å². The summed E-state index contributed by atoms with van der Waals surface area (Å²) in [5, 5.41) is 6.93. The second-order valence-corrected chi connectivity index (χ2v) is 7.08. The summed E-state index contributed by atoms with van der Waals surface area (Å²) in [5.41, 5.74) is 0. The van der Waals surface area contributed by atoms with Crippen molar-refractivity contribution in [3.05, 3.63) is 0 Å². The minimum atomic E-state index is 0.578. The topological polar surface area (TPSA) is 42.9 Å². The SMILES string of the molecule is CN=C(NCCN(C(C)C)C(C)C)NCC1CCCN(C)C1. The molecule has 1 aliphatic heterocycles. The van der Waals surface area contributed by atoms with Crippen LogP contribution >= 0.6 is 0 Å². The van der Waals surface area contributed by atoms with Gasteiger partial charge in [0.2, 0.25) is 0 Å². The quantitative estimate of drug-likeness (QED) is 0.554. The Labute approximate surface area is 137 Å². The summed E-state index contributed by atoms with van der Waals surface area (Å²) >= 11 is 0. The van der Waals surface area contributed by atoms with Crippen molar-refractivity contribution in [2.24, 2.45) is 10.9 Å². The monoisotopic (exact) mass is 311 g/mol. The van der Waals surface area contributed by atoms with E-state index in [0.29, 0.717) is 12.1 Å². The van der Waals surface area contributed by atoms with Crippen LogP contribution in [0, 0.1) is 5.92 Å². The molecule has 0 aromatic carbocycles. The first kappa shape index (κ1) is 19.2. The Bertz CT molecular complexity index is 319. The summed E-state index contributed by atoms with van der Waals surface area (Å²) in [6.45, 7) is 14.5. The maximum Gasteiger partial charge on any atom is 0.191 e. The Balaban J connectivity index is 2.27. The van der Waals surface area contributed by atoms with Crippen LogP contribution in [0.1, 0.15) is 40.5 Å². The highest BCUT2D eigenvalue weighted by Gasteiger charge is 2.17. The van der Waals surface area contributed by atoms with Crippen molar-refractivity contribution in [1.29, 1.82) is 0 Å². The van der Waals surface area contributed by atoms with Gasteiger partial charge in [0.25, 0.3) is 0 Å². The van der Waals surface area contributed by atoms with E-state index in [0.717, 1.165) is 31.5 Å². The van der Waals surface area contributed by atoms with Crippen LogP contribution in [0.15, 0.2) is 4.99 Å². The zero-order chi connectivity index (χ0) is 16.5. The van der Waals surface area contributed by atoms with Crippen molar-refractivity contribution in [2.75, 3.05) is 46.8 Å². The van der Waals surface area contributed by atoms with Crippen LogP contribution in [0.4, 0.5) is 0 Å². The smallest absolute Gasteiger partial charge is 0.191 e. The zero-order valence-electron chi connectivity index (χ0n) is 15.5. The van der Waals surface area contributed by atoms with E-state index in [1.807, 2.05) is 7.05 Å². The van der Waals surface area contributed by atoms with Gasteiger partial charge in [-0.05, 0) is 60.0 Å². The molecule has 2 N–H and O–H groups in total. The van der Waals surface area contributed by atoms with E-state index in [1.54, 1.807) is 0 Å². The van der Waals surface area contributed by atoms with Gasteiger partial charge in [0.15, 0.2) is 5.96 Å². The van der Waals surface area contributed by atoms with Crippen molar-refractivity contribution in [3.8, 4) is 0 Å². The highest BCUT2D eigenvalue weighted by atomic mass is 15.2. The molecule has 1 heterocycles. The number of hydrogen-bond donors (Lipinski definition) is 2. The van der Waals surface area contributed by atoms with Crippen LogP contribution in [0.25, 0.3) is 0 Å². The normalized spacial score (nSPS) is 21.0. The van der Waals surface area contributed by atoms with Gasteiger partial charge < -0.3 is 15.5 Å². The summed E-state index contributed by atoms with van der Waals surface area (Å²) in [7, 11) is 4.07. The van der Waals surface area contributed by atoms with E-state index in [1.165, 1.54) is 25.9 Å². The highest BCUT2D eigenvalue weighted by molar-refractivity contribution is 5.79. The third kappa shape index (κ3) is 6.97. The van der Waals surface area contributed by atoms with Gasteiger partial charge in [-0.25, -0.2) is 0 Å². The molecule has 0 amide bonds. The fourth-order valence-electron chi connectivity index (χ4n) is 3.32. The summed E-state index contributed by atoms with van der Waals surface area (Å²) in [5.74, 6) is 1.67. The molecule has 0 aliphatic carbocycles. The molecule has 1 rings (SSSR count). The number of guanidine groups is 1. The Hall–Kier alpha value is -0.810. The average Bonchev–Trinajstić information content (AvgIpc) is 2.45. The second-order valence-electron chi connectivity index (χ2n) is 7.08. The van der Waals surface area contributed by atoms with Crippen molar-refractivity contribution in [3.63, 3.8) is 0 Å². The number of hydrogen-bond acceptors (Lipinski definition) is 3. The number of likely N-dealkylation sites (tertiary alicyclic amines) is 1. The number of rotatable bonds is 7. The van der Waals surface area contributed by atoms with Gasteiger partial charge in [-0.3, -0.25) is 9.89 Å². The van der Waals surface area contributed by atoms with Gasteiger partial charge in [0, 0.05) is 45.3 Å².